The molecule has 5 nitrogen and oxygen atoms in total. The summed E-state index contributed by atoms with van der Waals surface area (Å²) in [5, 5.41) is 2.92. The summed E-state index contributed by atoms with van der Waals surface area (Å²) in [6, 6.07) is 3.04. The Morgan fingerprint density at radius 3 is 2.67 bits per heavy atom. The number of hydrogen-bond donors (Lipinski definition) is 2. The first kappa shape index (κ1) is 14.8. The van der Waals surface area contributed by atoms with Crippen molar-refractivity contribution in [3.63, 3.8) is 0 Å². The summed E-state index contributed by atoms with van der Waals surface area (Å²) in [5.41, 5.74) is -0.951. The first-order chi connectivity index (χ1) is 8.30. The van der Waals surface area contributed by atoms with Crippen molar-refractivity contribution in [1.82, 2.24) is 10.0 Å². The molecule has 6 heteroatoms. The molecule has 0 aromatic carbocycles. The standard InChI is InChI=1S/C12H18N2O3S/c1-5-12(3,4)14-18(15,16)11-8-7-10(17-11)9-13-6-2/h1,7-8,13-14H,6,9H2,2-4H3. The van der Waals surface area contributed by atoms with Crippen molar-refractivity contribution >= 4 is 10.0 Å². The van der Waals surface area contributed by atoms with E-state index in [0.717, 1.165) is 6.54 Å². The maximum Gasteiger partial charge on any atom is 0.275 e. The topological polar surface area (TPSA) is 71.3 Å². The Bertz CT molecular complexity index is 538. The van der Waals surface area contributed by atoms with Gasteiger partial charge < -0.3 is 9.73 Å². The molecule has 1 heterocycles. The first-order valence-electron chi connectivity index (χ1n) is 5.62. The van der Waals surface area contributed by atoms with E-state index in [-0.39, 0.29) is 5.09 Å². The highest BCUT2D eigenvalue weighted by atomic mass is 32.2. The van der Waals surface area contributed by atoms with Crippen molar-refractivity contribution in [2.45, 2.75) is 37.9 Å². The maximum atomic E-state index is 12.0. The van der Waals surface area contributed by atoms with Gasteiger partial charge in [0, 0.05) is 0 Å². The second-order valence-electron chi connectivity index (χ2n) is 4.38. The molecule has 0 spiro atoms. The highest BCUT2D eigenvalue weighted by Gasteiger charge is 2.26. The molecular weight excluding hydrogens is 252 g/mol. The third-order valence-electron chi connectivity index (χ3n) is 2.20. The predicted octanol–water partition coefficient (Wildman–Crippen LogP) is 1.08. The Morgan fingerprint density at radius 1 is 1.44 bits per heavy atom. The normalized spacial score (nSPS) is 12.3. The van der Waals surface area contributed by atoms with Gasteiger partial charge in [0.25, 0.3) is 10.0 Å². The Labute approximate surface area is 108 Å². The van der Waals surface area contributed by atoms with E-state index >= 15 is 0 Å². The van der Waals surface area contributed by atoms with E-state index in [9.17, 15) is 8.42 Å². The van der Waals surface area contributed by atoms with Gasteiger partial charge in [0.2, 0.25) is 5.09 Å². The fraction of sp³-hybridized carbons (Fsp3) is 0.500. The molecule has 18 heavy (non-hydrogen) atoms. The van der Waals surface area contributed by atoms with E-state index in [1.807, 2.05) is 6.92 Å². The van der Waals surface area contributed by atoms with E-state index < -0.39 is 15.6 Å². The fourth-order valence-corrected chi connectivity index (χ4v) is 2.56. The molecule has 0 fully saturated rings. The monoisotopic (exact) mass is 270 g/mol. The van der Waals surface area contributed by atoms with E-state index in [1.54, 1.807) is 19.9 Å². The largest absolute Gasteiger partial charge is 0.447 e. The third kappa shape index (κ3) is 3.88. The van der Waals surface area contributed by atoms with Gasteiger partial charge >= 0.3 is 0 Å². The summed E-state index contributed by atoms with van der Waals surface area (Å²) < 4.78 is 31.6. The minimum Gasteiger partial charge on any atom is -0.447 e. The zero-order valence-corrected chi connectivity index (χ0v) is 11.6. The summed E-state index contributed by atoms with van der Waals surface area (Å²) in [6.07, 6.45) is 5.24. The van der Waals surface area contributed by atoms with Crippen molar-refractivity contribution in [3.05, 3.63) is 17.9 Å². The molecule has 0 atom stereocenters. The molecule has 1 rings (SSSR count). The lowest BCUT2D eigenvalue weighted by Crippen LogP contribution is -2.41. The Kier molecular flexibility index (Phi) is 4.57. The average molecular weight is 270 g/mol. The zero-order chi connectivity index (χ0) is 13.8. The van der Waals surface area contributed by atoms with Crippen LogP contribution < -0.4 is 10.0 Å². The third-order valence-corrected chi connectivity index (χ3v) is 3.73. The SMILES string of the molecule is C#CC(C)(C)NS(=O)(=O)c1ccc(CNCC)o1. The molecule has 0 bridgehead atoms. The molecule has 0 saturated carbocycles. The molecule has 0 saturated heterocycles. The fourth-order valence-electron chi connectivity index (χ4n) is 1.26. The van der Waals surface area contributed by atoms with Crippen LogP contribution in [0.15, 0.2) is 21.6 Å². The maximum absolute atomic E-state index is 12.0. The van der Waals surface area contributed by atoms with E-state index in [0.29, 0.717) is 12.3 Å². The minimum absolute atomic E-state index is 0.126. The van der Waals surface area contributed by atoms with Crippen molar-refractivity contribution in [2.75, 3.05) is 6.54 Å². The Morgan fingerprint density at radius 2 is 2.11 bits per heavy atom. The number of nitrogens with one attached hydrogen (secondary N) is 2. The van der Waals surface area contributed by atoms with Crippen LogP contribution in [0.25, 0.3) is 0 Å². The summed E-state index contributed by atoms with van der Waals surface area (Å²) in [5.74, 6) is 2.93. The molecule has 0 radical (unpaired) electrons. The molecular formula is C12H18N2O3S. The number of furan rings is 1. The second-order valence-corrected chi connectivity index (χ2v) is 5.99. The van der Waals surface area contributed by atoms with Gasteiger partial charge in [-0.1, -0.05) is 12.8 Å². The highest BCUT2D eigenvalue weighted by molar-refractivity contribution is 7.89. The smallest absolute Gasteiger partial charge is 0.275 e. The summed E-state index contributed by atoms with van der Waals surface area (Å²) >= 11 is 0. The van der Waals surface area contributed by atoms with Crippen LogP contribution >= 0.6 is 0 Å². The molecule has 1 aromatic rings. The van der Waals surface area contributed by atoms with Gasteiger partial charge in [-0.2, -0.15) is 4.72 Å². The molecule has 0 amide bonds. The zero-order valence-electron chi connectivity index (χ0n) is 10.8. The molecule has 0 unspecified atom stereocenters. The molecule has 0 aliphatic carbocycles. The molecule has 2 N–H and O–H groups in total. The van der Waals surface area contributed by atoms with Crippen LogP contribution in [0.1, 0.15) is 26.5 Å². The molecule has 0 aliphatic rings. The lowest BCUT2D eigenvalue weighted by Gasteiger charge is -2.18. The van der Waals surface area contributed by atoms with Crippen LogP contribution in [0.2, 0.25) is 0 Å². The van der Waals surface area contributed by atoms with Crippen molar-refractivity contribution in [3.8, 4) is 12.3 Å². The van der Waals surface area contributed by atoms with Gasteiger partial charge in [-0.05, 0) is 32.5 Å². The quantitative estimate of drug-likeness (QED) is 0.759. The number of terminal acetylenes is 1. The molecule has 0 aliphatic heterocycles. The predicted molar refractivity (Wildman–Crippen MR) is 69.3 cm³/mol. The van der Waals surface area contributed by atoms with Gasteiger partial charge in [0.1, 0.15) is 5.76 Å². The van der Waals surface area contributed by atoms with Crippen LogP contribution in [-0.4, -0.2) is 20.5 Å². The number of sulfonamides is 1. The Hall–Kier alpha value is -1.29. The van der Waals surface area contributed by atoms with Gasteiger partial charge in [-0.15, -0.1) is 6.42 Å². The van der Waals surface area contributed by atoms with Crippen LogP contribution in [0, 0.1) is 12.3 Å². The van der Waals surface area contributed by atoms with Crippen LogP contribution in [0.4, 0.5) is 0 Å². The lowest BCUT2D eigenvalue weighted by molar-refractivity contribution is 0.398. The summed E-state index contributed by atoms with van der Waals surface area (Å²) in [7, 11) is -3.72. The van der Waals surface area contributed by atoms with Crippen molar-refractivity contribution in [1.29, 1.82) is 0 Å². The van der Waals surface area contributed by atoms with Crippen LogP contribution in [0.5, 0.6) is 0 Å². The van der Waals surface area contributed by atoms with Crippen LogP contribution in [-0.2, 0) is 16.6 Å². The summed E-state index contributed by atoms with van der Waals surface area (Å²) in [4.78, 5) is 0. The minimum atomic E-state index is -3.72. The van der Waals surface area contributed by atoms with Crippen molar-refractivity contribution in [2.24, 2.45) is 0 Å². The number of rotatable bonds is 6. The summed E-state index contributed by atoms with van der Waals surface area (Å²) in [6.45, 7) is 6.44. The van der Waals surface area contributed by atoms with Gasteiger partial charge in [0.15, 0.2) is 0 Å². The molecule has 1 aromatic heterocycles. The van der Waals surface area contributed by atoms with Gasteiger partial charge in [-0.3, -0.25) is 0 Å². The van der Waals surface area contributed by atoms with Crippen LogP contribution in [0.3, 0.4) is 0 Å². The van der Waals surface area contributed by atoms with E-state index in [2.05, 4.69) is 16.0 Å². The van der Waals surface area contributed by atoms with Gasteiger partial charge in [-0.25, -0.2) is 8.42 Å². The van der Waals surface area contributed by atoms with E-state index in [1.165, 1.54) is 6.07 Å². The highest BCUT2D eigenvalue weighted by Crippen LogP contribution is 2.16. The second kappa shape index (κ2) is 5.57. The van der Waals surface area contributed by atoms with E-state index in [4.69, 9.17) is 10.8 Å². The first-order valence-corrected chi connectivity index (χ1v) is 7.10. The number of hydrogen-bond acceptors (Lipinski definition) is 4. The molecule has 100 valence electrons. The Balaban J connectivity index is 2.87. The lowest BCUT2D eigenvalue weighted by atomic mass is 10.1. The van der Waals surface area contributed by atoms with Crippen molar-refractivity contribution < 1.29 is 12.8 Å². The average Bonchev–Trinajstić information content (AvgIpc) is 2.74. The van der Waals surface area contributed by atoms with Gasteiger partial charge in [0.05, 0.1) is 12.1 Å².